The summed E-state index contributed by atoms with van der Waals surface area (Å²) in [5.41, 5.74) is 7.28. The van der Waals surface area contributed by atoms with Gasteiger partial charge in [0.25, 0.3) is 5.91 Å². The van der Waals surface area contributed by atoms with Gasteiger partial charge in [0.1, 0.15) is 5.82 Å². The van der Waals surface area contributed by atoms with Gasteiger partial charge in [0, 0.05) is 37.6 Å². The molecule has 0 atom stereocenters. The van der Waals surface area contributed by atoms with Crippen LogP contribution < -0.4 is 20.1 Å². The number of fused-ring (bicyclic) bond motifs is 1. The number of nitrogens with zero attached hydrogens (tertiary/aromatic N) is 6. The number of aromatic nitrogens is 4. The molecule has 2 N–H and O–H groups in total. The molecule has 1 aromatic carbocycles. The quantitative estimate of drug-likeness (QED) is 0.632. The third-order valence-electron chi connectivity index (χ3n) is 4.92. The number of aryl methyl sites for hydroxylation is 1. The molecule has 1 amide bonds. The number of anilines is 2. The first kappa shape index (κ1) is 21.8. The highest BCUT2D eigenvalue weighted by molar-refractivity contribution is 7.05. The summed E-state index contributed by atoms with van der Waals surface area (Å²) in [5, 5.41) is 4.65. The van der Waals surface area contributed by atoms with Gasteiger partial charge < -0.3 is 25.0 Å². The monoisotopic (exact) mass is 451 g/mol. The highest BCUT2D eigenvalue weighted by Gasteiger charge is 2.26. The zero-order valence-corrected chi connectivity index (χ0v) is 18.4. The number of amides is 1. The Hall–Kier alpha value is -2.92. The molecule has 30 heavy (non-hydrogen) atoms. The molecule has 1 aliphatic rings. The number of hydrogen-bond donors (Lipinski definition) is 1. The van der Waals surface area contributed by atoms with Crippen LogP contribution in [-0.4, -0.2) is 70.8 Å². The van der Waals surface area contributed by atoms with Crippen molar-refractivity contribution in [2.75, 3.05) is 51.0 Å². The fraction of sp³-hybridized carbons (Fsp3) is 0.389. The molecule has 4 rings (SSSR count). The maximum atomic E-state index is 12.6. The van der Waals surface area contributed by atoms with E-state index in [0.717, 1.165) is 4.88 Å². The number of carbonyl (C=O) groups is 1. The van der Waals surface area contributed by atoms with Crippen LogP contribution in [0.25, 0.3) is 10.9 Å². The third-order valence-corrected chi connectivity index (χ3v) is 5.55. The van der Waals surface area contributed by atoms with E-state index in [9.17, 15) is 4.79 Å². The second-order valence-corrected chi connectivity index (χ2v) is 7.55. The van der Waals surface area contributed by atoms with Gasteiger partial charge in [0.2, 0.25) is 5.95 Å². The fourth-order valence-corrected chi connectivity index (χ4v) is 3.76. The van der Waals surface area contributed by atoms with E-state index in [-0.39, 0.29) is 18.3 Å². The highest BCUT2D eigenvalue weighted by Crippen LogP contribution is 2.34. The largest absolute Gasteiger partial charge is 0.493 e. The highest BCUT2D eigenvalue weighted by atomic mass is 35.5. The molecule has 0 saturated carbocycles. The number of halogens is 1. The van der Waals surface area contributed by atoms with Crippen molar-refractivity contribution in [1.29, 1.82) is 0 Å². The molecular formula is C18H22ClN7O3S. The Kier molecular flexibility index (Phi) is 6.42. The van der Waals surface area contributed by atoms with Gasteiger partial charge in [-0.05, 0) is 24.5 Å². The number of piperazine rings is 1. The summed E-state index contributed by atoms with van der Waals surface area (Å²) in [6.45, 7) is 4.14. The minimum Gasteiger partial charge on any atom is -0.493 e. The molecule has 0 spiro atoms. The molecule has 1 saturated heterocycles. The Morgan fingerprint density at radius 1 is 1.10 bits per heavy atom. The Morgan fingerprint density at radius 2 is 1.77 bits per heavy atom. The summed E-state index contributed by atoms with van der Waals surface area (Å²) < 4.78 is 14.5. The van der Waals surface area contributed by atoms with Crippen molar-refractivity contribution < 1.29 is 14.3 Å². The number of benzene rings is 1. The average molecular weight is 452 g/mol. The first-order valence-corrected chi connectivity index (χ1v) is 9.81. The van der Waals surface area contributed by atoms with Crippen molar-refractivity contribution in [3.05, 3.63) is 22.7 Å². The Labute approximate surface area is 183 Å². The van der Waals surface area contributed by atoms with Crippen LogP contribution >= 0.6 is 23.9 Å². The number of nitrogens with two attached hydrogens (primary N) is 1. The van der Waals surface area contributed by atoms with Gasteiger partial charge in [0.15, 0.2) is 17.2 Å². The molecule has 0 bridgehead atoms. The van der Waals surface area contributed by atoms with Crippen molar-refractivity contribution in [2.45, 2.75) is 6.92 Å². The van der Waals surface area contributed by atoms with E-state index in [0.29, 0.717) is 66.0 Å². The molecule has 0 unspecified atom stereocenters. The Balaban J connectivity index is 0.00000256. The zero-order chi connectivity index (χ0) is 20.5. The van der Waals surface area contributed by atoms with Gasteiger partial charge in [0.05, 0.1) is 24.6 Å². The van der Waals surface area contributed by atoms with Crippen LogP contribution in [0.5, 0.6) is 11.5 Å². The molecule has 3 heterocycles. The molecule has 10 nitrogen and oxygen atoms in total. The summed E-state index contributed by atoms with van der Waals surface area (Å²) in [6.07, 6.45) is 0. The first-order chi connectivity index (χ1) is 14.0. The van der Waals surface area contributed by atoms with E-state index in [1.807, 2.05) is 11.8 Å². The van der Waals surface area contributed by atoms with Crippen LogP contribution in [0, 0.1) is 6.92 Å². The van der Waals surface area contributed by atoms with Crippen LogP contribution in [0.3, 0.4) is 0 Å². The van der Waals surface area contributed by atoms with E-state index >= 15 is 0 Å². The first-order valence-electron chi connectivity index (χ1n) is 9.04. The number of carbonyl (C=O) groups excluding carboxylic acids is 1. The van der Waals surface area contributed by atoms with E-state index in [2.05, 4.69) is 19.6 Å². The van der Waals surface area contributed by atoms with E-state index < -0.39 is 0 Å². The van der Waals surface area contributed by atoms with Crippen LogP contribution in [0.15, 0.2) is 12.1 Å². The van der Waals surface area contributed by atoms with Gasteiger partial charge in [-0.25, -0.2) is 4.98 Å². The SMILES string of the molecule is COc1cc2nc(N3CCN(C(=O)c4nnsc4C)CC3)nc(N)c2cc1OC.Cl. The summed E-state index contributed by atoms with van der Waals surface area (Å²) in [7, 11) is 3.14. The maximum Gasteiger partial charge on any atom is 0.275 e. The normalized spacial score (nSPS) is 13.8. The van der Waals surface area contributed by atoms with Gasteiger partial charge >= 0.3 is 0 Å². The van der Waals surface area contributed by atoms with Crippen molar-refractivity contribution in [3.63, 3.8) is 0 Å². The molecule has 1 aliphatic heterocycles. The predicted molar refractivity (Wildman–Crippen MR) is 117 cm³/mol. The van der Waals surface area contributed by atoms with Gasteiger partial charge in [-0.1, -0.05) is 4.49 Å². The van der Waals surface area contributed by atoms with Crippen LogP contribution in [-0.2, 0) is 0 Å². The van der Waals surface area contributed by atoms with Crippen LogP contribution in [0.4, 0.5) is 11.8 Å². The lowest BCUT2D eigenvalue weighted by atomic mass is 10.2. The van der Waals surface area contributed by atoms with Gasteiger partial charge in [-0.3, -0.25) is 4.79 Å². The van der Waals surface area contributed by atoms with Crippen molar-refractivity contribution in [3.8, 4) is 11.5 Å². The number of nitrogen functional groups attached to an aromatic ring is 1. The molecule has 0 radical (unpaired) electrons. The Morgan fingerprint density at radius 3 is 2.37 bits per heavy atom. The molecule has 12 heteroatoms. The average Bonchev–Trinajstić information content (AvgIpc) is 3.18. The molecule has 2 aromatic heterocycles. The third kappa shape index (κ3) is 3.90. The van der Waals surface area contributed by atoms with Crippen molar-refractivity contribution in [2.24, 2.45) is 0 Å². The van der Waals surface area contributed by atoms with Gasteiger partial charge in [-0.15, -0.1) is 17.5 Å². The minimum atomic E-state index is -0.0910. The minimum absolute atomic E-state index is 0. The molecule has 1 fully saturated rings. The summed E-state index contributed by atoms with van der Waals surface area (Å²) >= 11 is 1.23. The van der Waals surface area contributed by atoms with Gasteiger partial charge in [-0.2, -0.15) is 4.98 Å². The lowest BCUT2D eigenvalue weighted by molar-refractivity contribution is 0.0739. The van der Waals surface area contributed by atoms with Crippen molar-refractivity contribution >= 4 is 52.5 Å². The predicted octanol–water partition coefficient (Wildman–Crippen LogP) is 1.77. The Bertz CT molecular complexity index is 1070. The fourth-order valence-electron chi connectivity index (χ4n) is 3.30. The standard InChI is InChI=1S/C18H21N7O3S.ClH/c1-10-15(22-23-29-10)17(26)24-4-6-25(7-5-24)18-20-12-9-14(28-3)13(27-2)8-11(12)16(19)21-18;/h8-9H,4-7H2,1-3H3,(H2,19,20,21);1H. The lowest BCUT2D eigenvalue weighted by Crippen LogP contribution is -2.49. The zero-order valence-electron chi connectivity index (χ0n) is 16.8. The van der Waals surface area contributed by atoms with Crippen LogP contribution in [0.1, 0.15) is 15.4 Å². The summed E-state index contributed by atoms with van der Waals surface area (Å²) in [4.78, 5) is 26.4. The van der Waals surface area contributed by atoms with Crippen LogP contribution in [0.2, 0.25) is 0 Å². The second kappa shape index (κ2) is 8.84. The second-order valence-electron chi connectivity index (χ2n) is 6.59. The lowest BCUT2D eigenvalue weighted by Gasteiger charge is -2.34. The molecule has 0 aliphatic carbocycles. The molecule has 160 valence electrons. The number of hydrogen-bond acceptors (Lipinski definition) is 10. The number of ether oxygens (including phenoxy) is 2. The molecule has 3 aromatic rings. The summed E-state index contributed by atoms with van der Waals surface area (Å²) in [6, 6.07) is 3.56. The number of methoxy groups -OCH3 is 2. The van der Waals surface area contributed by atoms with E-state index in [4.69, 9.17) is 15.2 Å². The smallest absolute Gasteiger partial charge is 0.275 e. The maximum absolute atomic E-state index is 12.6. The topological polar surface area (TPSA) is 120 Å². The summed E-state index contributed by atoms with van der Waals surface area (Å²) in [5.74, 6) is 1.95. The number of rotatable bonds is 4. The molecular weight excluding hydrogens is 430 g/mol. The van der Waals surface area contributed by atoms with Crippen molar-refractivity contribution in [1.82, 2.24) is 24.5 Å². The van der Waals surface area contributed by atoms with E-state index in [1.165, 1.54) is 11.5 Å². The van der Waals surface area contributed by atoms with E-state index in [1.54, 1.807) is 31.3 Å².